The molecule has 0 saturated carbocycles. The van der Waals surface area contributed by atoms with Crippen LogP contribution in [0.2, 0.25) is 0 Å². The Morgan fingerprint density at radius 1 is 0.894 bits per heavy atom. The van der Waals surface area contributed by atoms with E-state index in [1.165, 1.54) is 19.4 Å². The fourth-order valence-electron chi connectivity index (χ4n) is 4.20. The van der Waals surface area contributed by atoms with Gasteiger partial charge in [0.15, 0.2) is 5.96 Å². The molecule has 0 spiro atoms. The van der Waals surface area contributed by atoms with Gasteiger partial charge >= 0.3 is 5.97 Å². The number of nitrogens with one attached hydrogen (secondary N) is 6. The normalized spacial score (nSPS) is 14.8. The van der Waals surface area contributed by atoms with Gasteiger partial charge < -0.3 is 64.1 Å². The Hall–Kier alpha value is -4.82. The molecule has 264 valence electrons. The Bertz CT molecular complexity index is 1220. The maximum Gasteiger partial charge on any atom is 0.326 e. The molecule has 0 aliphatic rings. The Morgan fingerprint density at radius 3 is 2.00 bits per heavy atom. The number of aliphatic hydroxyl groups is 2. The first-order valence-corrected chi connectivity index (χ1v) is 14.8. The van der Waals surface area contributed by atoms with E-state index in [9.17, 15) is 44.1 Å². The van der Waals surface area contributed by atoms with E-state index in [0.717, 1.165) is 0 Å². The second-order valence-electron chi connectivity index (χ2n) is 11.1. The SMILES string of the molecule is CC(C)C[C@H](NC(=O)[C@H](CO)NC(=O)[C@@H](NC(=O)[C@H](Cc1cnc[nH]1)NC(=O)CN)[C@@H](C)O)C(=O)N[C@@H](CCCN=C(N)N)C(=O)O. The molecule has 0 aromatic carbocycles. The Balaban J connectivity index is 3.02. The van der Waals surface area contributed by atoms with Gasteiger partial charge in [-0.3, -0.25) is 29.0 Å². The van der Waals surface area contributed by atoms with Gasteiger partial charge in [-0.15, -0.1) is 0 Å². The van der Waals surface area contributed by atoms with Gasteiger partial charge in [-0.1, -0.05) is 13.8 Å². The maximum atomic E-state index is 13.1. The van der Waals surface area contributed by atoms with Gasteiger partial charge in [-0.25, -0.2) is 9.78 Å². The number of nitrogens with zero attached hydrogens (tertiary/aromatic N) is 2. The molecular weight excluding hydrogens is 622 g/mol. The predicted molar refractivity (Wildman–Crippen MR) is 167 cm³/mol. The van der Waals surface area contributed by atoms with Crippen molar-refractivity contribution in [1.29, 1.82) is 0 Å². The zero-order valence-electron chi connectivity index (χ0n) is 26.6. The molecule has 0 radical (unpaired) electrons. The van der Waals surface area contributed by atoms with E-state index in [1.807, 2.05) is 0 Å². The van der Waals surface area contributed by atoms with Crippen molar-refractivity contribution in [2.45, 2.75) is 82.8 Å². The van der Waals surface area contributed by atoms with Crippen molar-refractivity contribution >= 4 is 41.5 Å². The Kier molecular flexibility index (Phi) is 17.4. The topological polar surface area (TPSA) is 342 Å². The zero-order valence-corrected chi connectivity index (χ0v) is 26.6. The van der Waals surface area contributed by atoms with Crippen LogP contribution in [0.5, 0.6) is 0 Å². The van der Waals surface area contributed by atoms with Crippen LogP contribution in [-0.4, -0.2) is 123 Å². The third kappa shape index (κ3) is 14.9. The van der Waals surface area contributed by atoms with Crippen molar-refractivity contribution in [2.24, 2.45) is 28.1 Å². The molecule has 15 N–H and O–H groups in total. The van der Waals surface area contributed by atoms with Crippen molar-refractivity contribution in [3.8, 4) is 0 Å². The molecule has 0 aliphatic heterocycles. The summed E-state index contributed by atoms with van der Waals surface area (Å²) in [6.07, 6.45) is 1.51. The predicted octanol–water partition coefficient (Wildman–Crippen LogP) is -5.11. The van der Waals surface area contributed by atoms with E-state index < -0.39 is 85.0 Å². The number of amides is 5. The molecule has 47 heavy (non-hydrogen) atoms. The summed E-state index contributed by atoms with van der Waals surface area (Å²) in [6.45, 7) is 3.48. The largest absolute Gasteiger partial charge is 0.480 e. The highest BCUT2D eigenvalue weighted by molar-refractivity contribution is 5.96. The van der Waals surface area contributed by atoms with Crippen LogP contribution in [0.3, 0.4) is 0 Å². The summed E-state index contributed by atoms with van der Waals surface area (Å²) < 4.78 is 0. The summed E-state index contributed by atoms with van der Waals surface area (Å²) >= 11 is 0. The Labute approximate surface area is 271 Å². The number of aliphatic imine (C=N–C) groups is 1. The second kappa shape index (κ2) is 20.3. The van der Waals surface area contributed by atoms with Crippen LogP contribution < -0.4 is 43.8 Å². The summed E-state index contributed by atoms with van der Waals surface area (Å²) in [5, 5.41) is 41.5. The minimum absolute atomic E-state index is 0.0133. The van der Waals surface area contributed by atoms with Crippen molar-refractivity contribution < 1.29 is 44.1 Å². The van der Waals surface area contributed by atoms with Gasteiger partial charge in [0.1, 0.15) is 30.2 Å². The molecule has 5 amide bonds. The standard InChI is InChI=1S/C27H47N11O9/c1-13(2)7-17(22(42)35-16(26(46)47)5-4-6-32-27(29)30)36-24(44)19(11-39)37-25(45)21(14(3)40)38-23(43)18(34-20(41)9-28)8-15-10-31-12-33-15/h10,12-14,16-19,21,39-40H,4-9,11,28H2,1-3H3,(H,31,33)(H,34,41)(H,35,42)(H,36,44)(H,37,45)(H,38,43)(H,46,47)(H4,29,30,32)/t14-,16+,17+,18+,19+,21+/m1/s1. The highest BCUT2D eigenvalue weighted by Crippen LogP contribution is 2.08. The van der Waals surface area contributed by atoms with Crippen LogP contribution in [0.4, 0.5) is 0 Å². The number of H-pyrrole nitrogens is 1. The van der Waals surface area contributed by atoms with Gasteiger partial charge in [0.05, 0.1) is 25.6 Å². The molecule has 0 bridgehead atoms. The minimum atomic E-state index is -1.64. The third-order valence-corrected chi connectivity index (χ3v) is 6.59. The van der Waals surface area contributed by atoms with Gasteiger partial charge in [-0.2, -0.15) is 0 Å². The lowest BCUT2D eigenvalue weighted by Crippen LogP contribution is -2.62. The van der Waals surface area contributed by atoms with Crippen molar-refractivity contribution in [3.63, 3.8) is 0 Å². The number of aliphatic carboxylic acids is 1. The van der Waals surface area contributed by atoms with Crippen LogP contribution in [0.1, 0.15) is 45.7 Å². The number of carbonyl (C=O) groups is 6. The van der Waals surface area contributed by atoms with E-state index in [4.69, 9.17) is 17.2 Å². The number of aliphatic hydroxyl groups excluding tert-OH is 2. The third-order valence-electron chi connectivity index (χ3n) is 6.59. The number of nitrogens with two attached hydrogens (primary N) is 3. The summed E-state index contributed by atoms with van der Waals surface area (Å²) in [7, 11) is 0. The molecule has 0 fully saturated rings. The first kappa shape index (κ1) is 40.2. The average molecular weight is 670 g/mol. The number of hydrogen-bond acceptors (Lipinski definition) is 11. The van der Waals surface area contributed by atoms with Gasteiger partial charge in [0, 0.05) is 24.9 Å². The lowest BCUT2D eigenvalue weighted by atomic mass is 10.0. The van der Waals surface area contributed by atoms with Crippen LogP contribution in [0.25, 0.3) is 0 Å². The summed E-state index contributed by atoms with van der Waals surface area (Å²) in [6, 6.07) is -7.09. The molecular formula is C27H47N11O9. The summed E-state index contributed by atoms with van der Waals surface area (Å²) in [5.41, 5.74) is 16.3. The summed E-state index contributed by atoms with van der Waals surface area (Å²) in [5.74, 6) is -6.05. The number of carboxylic acids is 1. The van der Waals surface area contributed by atoms with Gasteiger partial charge in [0.25, 0.3) is 0 Å². The molecule has 20 heteroatoms. The highest BCUT2D eigenvalue weighted by Gasteiger charge is 2.34. The first-order chi connectivity index (χ1) is 22.1. The number of rotatable bonds is 21. The van der Waals surface area contributed by atoms with E-state index in [2.05, 4.69) is 41.5 Å². The fourth-order valence-corrected chi connectivity index (χ4v) is 4.20. The number of guanidine groups is 1. The zero-order chi connectivity index (χ0) is 35.7. The first-order valence-electron chi connectivity index (χ1n) is 14.8. The van der Waals surface area contributed by atoms with E-state index in [-0.39, 0.29) is 44.1 Å². The average Bonchev–Trinajstić information content (AvgIpc) is 3.51. The summed E-state index contributed by atoms with van der Waals surface area (Å²) in [4.78, 5) is 86.5. The smallest absolute Gasteiger partial charge is 0.326 e. The quantitative estimate of drug-likeness (QED) is 0.0331. The number of imidazole rings is 1. The maximum absolute atomic E-state index is 13.1. The molecule has 1 heterocycles. The van der Waals surface area contributed by atoms with Gasteiger partial charge in [-0.05, 0) is 32.1 Å². The fraction of sp³-hybridized carbons (Fsp3) is 0.630. The Morgan fingerprint density at radius 2 is 1.49 bits per heavy atom. The lowest BCUT2D eigenvalue weighted by Gasteiger charge is -2.27. The van der Waals surface area contributed by atoms with E-state index in [0.29, 0.717) is 5.69 Å². The van der Waals surface area contributed by atoms with Crippen LogP contribution >= 0.6 is 0 Å². The van der Waals surface area contributed by atoms with Crippen LogP contribution in [0.15, 0.2) is 17.5 Å². The molecule has 20 nitrogen and oxygen atoms in total. The second-order valence-corrected chi connectivity index (χ2v) is 11.1. The van der Waals surface area contributed by atoms with E-state index in [1.54, 1.807) is 13.8 Å². The number of carbonyl (C=O) groups excluding carboxylic acids is 5. The minimum Gasteiger partial charge on any atom is -0.480 e. The molecule has 1 aromatic rings. The molecule has 0 saturated heterocycles. The molecule has 1 rings (SSSR count). The molecule has 0 aliphatic carbocycles. The van der Waals surface area contributed by atoms with Crippen LogP contribution in [-0.2, 0) is 35.2 Å². The number of aromatic nitrogens is 2. The number of aromatic amines is 1. The number of hydrogen-bond donors (Lipinski definition) is 12. The van der Waals surface area contributed by atoms with Crippen LogP contribution in [0, 0.1) is 5.92 Å². The van der Waals surface area contributed by atoms with Crippen molar-refractivity contribution in [1.82, 2.24) is 36.6 Å². The van der Waals surface area contributed by atoms with Gasteiger partial charge in [0.2, 0.25) is 29.5 Å². The number of carboxylic acid groups (broad SMARTS) is 1. The molecule has 6 atom stereocenters. The van der Waals surface area contributed by atoms with E-state index >= 15 is 0 Å². The lowest BCUT2D eigenvalue weighted by molar-refractivity contribution is -0.142. The molecule has 0 unspecified atom stereocenters. The van der Waals surface area contributed by atoms with Crippen molar-refractivity contribution in [3.05, 3.63) is 18.2 Å². The highest BCUT2D eigenvalue weighted by atomic mass is 16.4. The monoisotopic (exact) mass is 669 g/mol. The molecule has 1 aromatic heterocycles. The van der Waals surface area contributed by atoms with Crippen molar-refractivity contribution in [2.75, 3.05) is 19.7 Å².